The molecule has 1 fully saturated rings. The summed E-state index contributed by atoms with van der Waals surface area (Å²) in [7, 11) is 4.11. The molecule has 1 amide bonds. The Hall–Kier alpha value is -4.28. The summed E-state index contributed by atoms with van der Waals surface area (Å²) in [5.41, 5.74) is 1.52. The van der Waals surface area contributed by atoms with Crippen LogP contribution in [0, 0.1) is 11.2 Å². The van der Waals surface area contributed by atoms with E-state index >= 15 is 0 Å². The number of ether oxygens (including phenoxy) is 2. The SMILES string of the molecule is CN(C)CC(C)(C)CNc1nccc(Oc2ccc(NC(=O)c3cc(F)cc(N4CCOCC4)c3)c3ccccc23)n1. The predicted octanol–water partition coefficient (Wildman–Crippen LogP) is 5.65. The largest absolute Gasteiger partial charge is 0.438 e. The van der Waals surface area contributed by atoms with E-state index in [1.165, 1.54) is 12.1 Å². The van der Waals surface area contributed by atoms with E-state index in [2.05, 4.69) is 53.4 Å². The Labute approximate surface area is 245 Å². The van der Waals surface area contributed by atoms with Crippen molar-refractivity contribution in [2.24, 2.45) is 5.41 Å². The maximum Gasteiger partial charge on any atom is 0.255 e. The molecule has 0 radical (unpaired) electrons. The minimum atomic E-state index is -0.460. The standard InChI is InChI=1S/C32H37FN6O3/c1-32(2,21-38(3)4)20-35-31-34-12-11-29(37-31)42-28-10-9-27(25-7-5-6-8-26(25)28)36-30(40)22-17-23(33)19-24(18-22)39-13-15-41-16-14-39/h5-12,17-19H,13-16,20-21H2,1-4H3,(H,36,40)(H,34,35,37). The first-order valence-electron chi connectivity index (χ1n) is 14.0. The molecule has 0 atom stereocenters. The van der Waals surface area contributed by atoms with Crippen LogP contribution in [-0.4, -0.2) is 74.3 Å². The van der Waals surface area contributed by atoms with Crippen molar-refractivity contribution in [1.29, 1.82) is 0 Å². The maximum atomic E-state index is 14.5. The lowest BCUT2D eigenvalue weighted by Gasteiger charge is -2.29. The Morgan fingerprint density at radius 1 is 1.07 bits per heavy atom. The van der Waals surface area contributed by atoms with Gasteiger partial charge in [-0.2, -0.15) is 4.98 Å². The zero-order valence-corrected chi connectivity index (χ0v) is 24.5. The molecule has 2 heterocycles. The summed E-state index contributed by atoms with van der Waals surface area (Å²) < 4.78 is 26.1. The third kappa shape index (κ3) is 7.32. The molecule has 9 nitrogen and oxygen atoms in total. The van der Waals surface area contributed by atoms with Gasteiger partial charge in [0.2, 0.25) is 11.8 Å². The number of aromatic nitrogens is 2. The van der Waals surface area contributed by atoms with E-state index in [0.717, 1.165) is 17.3 Å². The number of carbonyl (C=O) groups is 1. The van der Waals surface area contributed by atoms with Crippen LogP contribution in [0.5, 0.6) is 11.6 Å². The minimum Gasteiger partial charge on any atom is -0.438 e. The van der Waals surface area contributed by atoms with Gasteiger partial charge < -0.3 is 29.9 Å². The van der Waals surface area contributed by atoms with Gasteiger partial charge in [0.25, 0.3) is 5.91 Å². The quantitative estimate of drug-likeness (QED) is 0.252. The number of anilines is 3. The van der Waals surface area contributed by atoms with Crippen molar-refractivity contribution in [2.45, 2.75) is 13.8 Å². The second-order valence-electron chi connectivity index (χ2n) is 11.5. The molecule has 1 aliphatic heterocycles. The fourth-order valence-corrected chi connectivity index (χ4v) is 5.20. The van der Waals surface area contributed by atoms with Crippen LogP contribution in [0.15, 0.2) is 66.9 Å². The molecular formula is C32H37FN6O3. The van der Waals surface area contributed by atoms with Crippen LogP contribution in [0.3, 0.4) is 0 Å². The molecule has 1 aromatic heterocycles. The zero-order valence-electron chi connectivity index (χ0n) is 24.5. The van der Waals surface area contributed by atoms with Gasteiger partial charge in [-0.05, 0) is 49.8 Å². The number of nitrogens with one attached hydrogen (secondary N) is 2. The predicted molar refractivity (Wildman–Crippen MR) is 164 cm³/mol. The number of hydrogen-bond donors (Lipinski definition) is 2. The highest BCUT2D eigenvalue weighted by molar-refractivity contribution is 6.10. The molecule has 2 N–H and O–H groups in total. The average molecular weight is 573 g/mol. The molecule has 1 saturated heterocycles. The van der Waals surface area contributed by atoms with Gasteiger partial charge in [-0.25, -0.2) is 9.37 Å². The Kier molecular flexibility index (Phi) is 8.84. The third-order valence-corrected chi connectivity index (χ3v) is 6.97. The number of amides is 1. The Bertz CT molecular complexity index is 1550. The highest BCUT2D eigenvalue weighted by Crippen LogP contribution is 2.34. The first-order chi connectivity index (χ1) is 20.2. The van der Waals surface area contributed by atoms with Gasteiger partial charge in [0.05, 0.1) is 13.2 Å². The molecule has 4 aromatic rings. The smallest absolute Gasteiger partial charge is 0.255 e. The van der Waals surface area contributed by atoms with E-state index in [0.29, 0.717) is 61.8 Å². The summed E-state index contributed by atoms with van der Waals surface area (Å²) in [6, 6.07) is 17.3. The molecule has 42 heavy (non-hydrogen) atoms. The second-order valence-corrected chi connectivity index (χ2v) is 11.5. The van der Waals surface area contributed by atoms with Gasteiger partial charge in [0, 0.05) is 66.2 Å². The first kappa shape index (κ1) is 29.2. The number of rotatable bonds is 10. The van der Waals surface area contributed by atoms with Gasteiger partial charge in [0.15, 0.2) is 0 Å². The van der Waals surface area contributed by atoms with Gasteiger partial charge in [0.1, 0.15) is 11.6 Å². The molecule has 3 aromatic carbocycles. The van der Waals surface area contributed by atoms with Gasteiger partial charge in [-0.15, -0.1) is 0 Å². The molecule has 5 rings (SSSR count). The number of hydrogen-bond acceptors (Lipinski definition) is 8. The normalized spacial score (nSPS) is 13.8. The van der Waals surface area contributed by atoms with Gasteiger partial charge in [-0.3, -0.25) is 4.79 Å². The topological polar surface area (TPSA) is 91.9 Å². The van der Waals surface area contributed by atoms with Crippen LogP contribution >= 0.6 is 0 Å². The number of carbonyl (C=O) groups excluding carboxylic acids is 1. The lowest BCUT2D eigenvalue weighted by Crippen LogP contribution is -2.36. The van der Waals surface area contributed by atoms with Crippen molar-refractivity contribution < 1.29 is 18.7 Å². The van der Waals surface area contributed by atoms with Crippen LogP contribution in [-0.2, 0) is 4.74 Å². The summed E-state index contributed by atoms with van der Waals surface area (Å²) in [6.07, 6.45) is 1.66. The highest BCUT2D eigenvalue weighted by atomic mass is 19.1. The van der Waals surface area contributed by atoms with Crippen LogP contribution in [0.2, 0.25) is 0 Å². The van der Waals surface area contributed by atoms with Crippen LogP contribution in [0.4, 0.5) is 21.7 Å². The Morgan fingerprint density at radius 2 is 1.83 bits per heavy atom. The number of halogens is 1. The molecule has 220 valence electrons. The van der Waals surface area contributed by atoms with E-state index in [-0.39, 0.29) is 11.0 Å². The number of nitrogens with zero attached hydrogens (tertiary/aromatic N) is 4. The van der Waals surface area contributed by atoms with Gasteiger partial charge >= 0.3 is 0 Å². The summed E-state index contributed by atoms with van der Waals surface area (Å²) in [4.78, 5) is 26.3. The minimum absolute atomic E-state index is 0.0236. The van der Waals surface area contributed by atoms with Crippen LogP contribution in [0.1, 0.15) is 24.2 Å². The Morgan fingerprint density at radius 3 is 2.60 bits per heavy atom. The van der Waals surface area contributed by atoms with Crippen molar-refractivity contribution >= 4 is 34.0 Å². The van der Waals surface area contributed by atoms with Gasteiger partial charge in [-0.1, -0.05) is 38.1 Å². The Balaban J connectivity index is 1.33. The number of benzene rings is 3. The maximum absolute atomic E-state index is 14.5. The molecule has 10 heteroatoms. The summed E-state index contributed by atoms with van der Waals surface area (Å²) in [5, 5.41) is 7.85. The molecule has 1 aliphatic rings. The molecule has 0 bridgehead atoms. The highest BCUT2D eigenvalue weighted by Gasteiger charge is 2.20. The molecule has 0 spiro atoms. The molecule has 0 aliphatic carbocycles. The third-order valence-electron chi connectivity index (χ3n) is 6.97. The molecule has 0 saturated carbocycles. The van der Waals surface area contributed by atoms with Crippen molar-refractivity contribution in [3.63, 3.8) is 0 Å². The van der Waals surface area contributed by atoms with E-state index in [1.54, 1.807) is 30.5 Å². The number of fused-ring (bicyclic) bond motifs is 1. The second kappa shape index (κ2) is 12.7. The average Bonchev–Trinajstić information content (AvgIpc) is 2.97. The van der Waals surface area contributed by atoms with Crippen molar-refractivity contribution in [3.8, 4) is 11.6 Å². The first-order valence-corrected chi connectivity index (χ1v) is 14.0. The monoisotopic (exact) mass is 572 g/mol. The summed E-state index contributed by atoms with van der Waals surface area (Å²) >= 11 is 0. The van der Waals surface area contributed by atoms with E-state index in [9.17, 15) is 9.18 Å². The van der Waals surface area contributed by atoms with Crippen molar-refractivity contribution in [2.75, 3.05) is 69.0 Å². The van der Waals surface area contributed by atoms with Crippen LogP contribution in [0.25, 0.3) is 10.8 Å². The van der Waals surface area contributed by atoms with E-state index < -0.39 is 11.7 Å². The van der Waals surface area contributed by atoms with E-state index in [4.69, 9.17) is 9.47 Å². The van der Waals surface area contributed by atoms with Crippen molar-refractivity contribution in [3.05, 3.63) is 78.2 Å². The summed E-state index contributed by atoms with van der Waals surface area (Å²) in [5.74, 6) is 0.611. The lowest BCUT2D eigenvalue weighted by molar-refractivity contribution is 0.102. The number of morpholine rings is 1. The molecule has 0 unspecified atom stereocenters. The molecular weight excluding hydrogens is 535 g/mol. The lowest BCUT2D eigenvalue weighted by atomic mass is 9.93. The van der Waals surface area contributed by atoms with Crippen LogP contribution < -0.4 is 20.3 Å². The fraction of sp³-hybridized carbons (Fsp3) is 0.344. The summed E-state index contributed by atoms with van der Waals surface area (Å²) in [6.45, 7) is 8.42. The van der Waals surface area contributed by atoms with Crippen molar-refractivity contribution in [1.82, 2.24) is 14.9 Å². The zero-order chi connectivity index (χ0) is 29.7. The fourth-order valence-electron chi connectivity index (χ4n) is 5.20. The van der Waals surface area contributed by atoms with E-state index in [1.807, 2.05) is 29.2 Å².